The van der Waals surface area contributed by atoms with Gasteiger partial charge in [0.15, 0.2) is 5.69 Å². The van der Waals surface area contributed by atoms with Crippen molar-refractivity contribution < 1.29 is 8.42 Å². The fourth-order valence-corrected chi connectivity index (χ4v) is 2.28. The molecule has 1 aromatic rings. The van der Waals surface area contributed by atoms with Gasteiger partial charge in [0.1, 0.15) is 11.0 Å². The van der Waals surface area contributed by atoms with Gasteiger partial charge in [0, 0.05) is 12.7 Å². The van der Waals surface area contributed by atoms with Crippen molar-refractivity contribution in [1.82, 2.24) is 9.71 Å². The first kappa shape index (κ1) is 13.1. The van der Waals surface area contributed by atoms with E-state index in [0.29, 0.717) is 0 Å². The van der Waals surface area contributed by atoms with Crippen LogP contribution in [0.4, 0.5) is 0 Å². The van der Waals surface area contributed by atoms with Gasteiger partial charge in [0.25, 0.3) is 0 Å². The van der Waals surface area contributed by atoms with Gasteiger partial charge in [0.05, 0.1) is 12.0 Å². The van der Waals surface area contributed by atoms with Crippen LogP contribution in [0.25, 0.3) is 0 Å². The van der Waals surface area contributed by atoms with E-state index in [1.807, 2.05) is 6.07 Å². The van der Waals surface area contributed by atoms with Crippen molar-refractivity contribution in [3.05, 3.63) is 24.0 Å². The minimum atomic E-state index is -3.79. The Morgan fingerprint density at radius 3 is 2.82 bits per heavy atom. The van der Waals surface area contributed by atoms with Crippen LogP contribution in [-0.4, -0.2) is 19.9 Å². The van der Waals surface area contributed by atoms with Gasteiger partial charge in [-0.05, 0) is 19.1 Å². The Balaban J connectivity index is 2.99. The standard InChI is InChI=1S/C10H10N4O2S/c1-8(5-11)7-14-17(15,16)10-3-2-4-13-9(10)6-12/h2-4,8,14H,7H2,1H3. The van der Waals surface area contributed by atoms with Crippen LogP contribution in [0.15, 0.2) is 23.2 Å². The van der Waals surface area contributed by atoms with Gasteiger partial charge in [-0.2, -0.15) is 10.5 Å². The van der Waals surface area contributed by atoms with Gasteiger partial charge in [-0.15, -0.1) is 0 Å². The molecular weight excluding hydrogens is 240 g/mol. The maximum absolute atomic E-state index is 11.8. The molecule has 0 amide bonds. The summed E-state index contributed by atoms with van der Waals surface area (Å²) in [6, 6.07) is 6.35. The van der Waals surface area contributed by atoms with Crippen LogP contribution < -0.4 is 4.72 Å². The third-order valence-corrected chi connectivity index (χ3v) is 3.42. The Kier molecular flexibility index (Phi) is 4.16. The molecule has 0 fully saturated rings. The van der Waals surface area contributed by atoms with Gasteiger partial charge in [-0.3, -0.25) is 0 Å². The average Bonchev–Trinajstić information content (AvgIpc) is 2.35. The topological polar surface area (TPSA) is 107 Å². The highest BCUT2D eigenvalue weighted by Crippen LogP contribution is 2.11. The van der Waals surface area contributed by atoms with Gasteiger partial charge in [-0.1, -0.05) is 0 Å². The number of hydrogen-bond acceptors (Lipinski definition) is 5. The Morgan fingerprint density at radius 2 is 2.24 bits per heavy atom. The molecule has 1 rings (SSSR count). The van der Waals surface area contributed by atoms with E-state index in [2.05, 4.69) is 9.71 Å². The van der Waals surface area contributed by atoms with E-state index in [9.17, 15) is 8.42 Å². The molecule has 0 aromatic carbocycles. The number of hydrogen-bond donors (Lipinski definition) is 1. The van der Waals surface area contributed by atoms with Crippen molar-refractivity contribution in [2.75, 3.05) is 6.54 Å². The Hall–Kier alpha value is -1.96. The second-order valence-corrected chi connectivity index (χ2v) is 5.08. The van der Waals surface area contributed by atoms with Gasteiger partial charge < -0.3 is 0 Å². The molecule has 1 atom stereocenters. The van der Waals surface area contributed by atoms with Crippen molar-refractivity contribution in [3.63, 3.8) is 0 Å². The van der Waals surface area contributed by atoms with E-state index in [4.69, 9.17) is 10.5 Å². The molecule has 17 heavy (non-hydrogen) atoms. The highest BCUT2D eigenvalue weighted by atomic mass is 32.2. The normalized spacial score (nSPS) is 12.4. The van der Waals surface area contributed by atoms with Crippen molar-refractivity contribution in [3.8, 4) is 12.1 Å². The maximum atomic E-state index is 11.8. The fourth-order valence-electron chi connectivity index (χ4n) is 1.05. The second-order valence-electron chi connectivity index (χ2n) is 3.34. The molecule has 0 saturated heterocycles. The summed E-state index contributed by atoms with van der Waals surface area (Å²) in [5, 5.41) is 17.3. The van der Waals surface area contributed by atoms with Crippen molar-refractivity contribution in [2.45, 2.75) is 11.8 Å². The summed E-state index contributed by atoms with van der Waals surface area (Å²) in [5.74, 6) is -0.438. The number of nitriles is 2. The van der Waals surface area contributed by atoms with Crippen LogP contribution in [0.5, 0.6) is 0 Å². The Bertz CT molecular complexity index is 583. The molecule has 7 heteroatoms. The molecule has 0 bridgehead atoms. The van der Waals surface area contributed by atoms with E-state index >= 15 is 0 Å². The van der Waals surface area contributed by atoms with Gasteiger partial charge >= 0.3 is 0 Å². The number of nitrogens with one attached hydrogen (secondary N) is 1. The van der Waals surface area contributed by atoms with Crippen LogP contribution >= 0.6 is 0 Å². The lowest BCUT2D eigenvalue weighted by Gasteiger charge is -2.07. The molecule has 0 aliphatic carbocycles. The van der Waals surface area contributed by atoms with E-state index in [-0.39, 0.29) is 17.1 Å². The lowest BCUT2D eigenvalue weighted by Crippen LogP contribution is -2.28. The summed E-state index contributed by atoms with van der Waals surface area (Å²) in [4.78, 5) is 3.49. The first-order valence-corrected chi connectivity index (χ1v) is 6.24. The summed E-state index contributed by atoms with van der Waals surface area (Å²) in [5.41, 5.74) is -0.162. The lowest BCUT2D eigenvalue weighted by molar-refractivity contribution is 0.572. The van der Waals surface area contributed by atoms with Gasteiger partial charge in [0.2, 0.25) is 10.0 Å². The molecule has 6 nitrogen and oxygen atoms in total. The minimum absolute atomic E-state index is 0.00139. The molecule has 0 saturated carbocycles. The first-order valence-electron chi connectivity index (χ1n) is 4.75. The Morgan fingerprint density at radius 1 is 1.53 bits per heavy atom. The smallest absolute Gasteiger partial charge is 0.243 e. The molecule has 0 aliphatic heterocycles. The Labute approximate surface area is 99.6 Å². The van der Waals surface area contributed by atoms with Crippen LogP contribution in [0.2, 0.25) is 0 Å². The number of nitrogens with zero attached hydrogens (tertiary/aromatic N) is 3. The number of rotatable bonds is 4. The summed E-state index contributed by atoms with van der Waals surface area (Å²) in [6.07, 6.45) is 1.34. The third-order valence-electron chi connectivity index (χ3n) is 1.97. The lowest BCUT2D eigenvalue weighted by atomic mass is 10.2. The summed E-state index contributed by atoms with van der Waals surface area (Å²) < 4.78 is 25.9. The van der Waals surface area contributed by atoms with E-state index < -0.39 is 15.9 Å². The van der Waals surface area contributed by atoms with Crippen molar-refractivity contribution >= 4 is 10.0 Å². The second kappa shape index (κ2) is 5.39. The molecule has 0 spiro atoms. The highest BCUT2D eigenvalue weighted by Gasteiger charge is 2.19. The highest BCUT2D eigenvalue weighted by molar-refractivity contribution is 7.89. The minimum Gasteiger partial charge on any atom is -0.244 e. The zero-order chi connectivity index (χ0) is 12.9. The quantitative estimate of drug-likeness (QED) is 0.831. The molecule has 88 valence electrons. The number of pyridine rings is 1. The molecule has 1 heterocycles. The monoisotopic (exact) mass is 250 g/mol. The molecular formula is C10H10N4O2S. The predicted molar refractivity (Wildman–Crippen MR) is 58.9 cm³/mol. The first-order chi connectivity index (χ1) is 8.01. The van der Waals surface area contributed by atoms with Crippen LogP contribution in [0.1, 0.15) is 12.6 Å². The molecule has 1 unspecified atom stereocenters. The van der Waals surface area contributed by atoms with Crippen molar-refractivity contribution in [2.24, 2.45) is 5.92 Å². The van der Waals surface area contributed by atoms with Crippen LogP contribution in [0.3, 0.4) is 0 Å². The number of aromatic nitrogens is 1. The summed E-state index contributed by atoms with van der Waals surface area (Å²) in [7, 11) is -3.79. The van der Waals surface area contributed by atoms with Gasteiger partial charge in [-0.25, -0.2) is 18.1 Å². The third kappa shape index (κ3) is 3.25. The molecule has 0 radical (unpaired) electrons. The summed E-state index contributed by atoms with van der Waals surface area (Å²) >= 11 is 0. The van der Waals surface area contributed by atoms with Crippen LogP contribution in [0, 0.1) is 28.6 Å². The largest absolute Gasteiger partial charge is 0.244 e. The summed E-state index contributed by atoms with van der Waals surface area (Å²) in [6.45, 7) is 1.59. The maximum Gasteiger partial charge on any atom is 0.243 e. The SMILES string of the molecule is CC(C#N)CNS(=O)(=O)c1cccnc1C#N. The zero-order valence-corrected chi connectivity index (χ0v) is 9.90. The average molecular weight is 250 g/mol. The molecule has 0 aliphatic rings. The zero-order valence-electron chi connectivity index (χ0n) is 9.08. The van der Waals surface area contributed by atoms with E-state index in [1.165, 1.54) is 18.3 Å². The van der Waals surface area contributed by atoms with Crippen LogP contribution in [-0.2, 0) is 10.0 Å². The van der Waals surface area contributed by atoms with E-state index in [0.717, 1.165) is 0 Å². The number of sulfonamides is 1. The predicted octanol–water partition coefficient (Wildman–Crippen LogP) is 0.391. The fraction of sp³-hybridized carbons (Fsp3) is 0.300. The molecule has 1 N–H and O–H groups in total. The molecule has 1 aromatic heterocycles. The van der Waals surface area contributed by atoms with Crippen molar-refractivity contribution in [1.29, 1.82) is 10.5 Å². The van der Waals surface area contributed by atoms with E-state index in [1.54, 1.807) is 13.0 Å².